The van der Waals surface area contributed by atoms with Crippen molar-refractivity contribution in [2.24, 2.45) is 0 Å². The zero-order valence-corrected chi connectivity index (χ0v) is 12.4. The highest BCUT2D eigenvalue weighted by molar-refractivity contribution is 7.99. The van der Waals surface area contributed by atoms with Crippen LogP contribution < -0.4 is 5.32 Å². The van der Waals surface area contributed by atoms with Gasteiger partial charge in [0.15, 0.2) is 0 Å². The molecule has 0 radical (unpaired) electrons. The van der Waals surface area contributed by atoms with Crippen LogP contribution in [0.3, 0.4) is 0 Å². The van der Waals surface area contributed by atoms with Crippen LogP contribution in [-0.2, 0) is 4.79 Å². The Morgan fingerprint density at radius 2 is 2.30 bits per heavy atom. The Morgan fingerprint density at radius 1 is 1.45 bits per heavy atom. The monoisotopic (exact) mass is 291 g/mol. The number of nitrogens with one attached hydrogen (secondary N) is 1. The summed E-state index contributed by atoms with van der Waals surface area (Å²) in [6, 6.07) is 4.66. The largest absolute Gasteiger partial charge is 0.336 e. The minimum Gasteiger partial charge on any atom is -0.336 e. The Hall–Kier alpha value is -1.07. The quantitative estimate of drug-likeness (QED) is 0.923. The number of nitrogens with zero attached hydrogens (tertiary/aromatic N) is 2. The third-order valence-corrected chi connectivity index (χ3v) is 5.21. The van der Waals surface area contributed by atoms with Gasteiger partial charge in [0.1, 0.15) is 0 Å². The van der Waals surface area contributed by atoms with Gasteiger partial charge in [-0.15, -0.1) is 0 Å². The van der Waals surface area contributed by atoms with Gasteiger partial charge in [-0.3, -0.25) is 9.78 Å². The molecule has 3 rings (SSSR count). The van der Waals surface area contributed by atoms with Crippen molar-refractivity contribution in [1.82, 2.24) is 15.2 Å². The van der Waals surface area contributed by atoms with Gasteiger partial charge in [-0.2, -0.15) is 11.8 Å². The molecular formula is C15H21N3OS. The Morgan fingerprint density at radius 3 is 3.05 bits per heavy atom. The first-order chi connectivity index (χ1) is 9.84. The van der Waals surface area contributed by atoms with E-state index in [9.17, 15) is 4.79 Å². The molecule has 108 valence electrons. The molecule has 4 nitrogen and oxygen atoms in total. The lowest BCUT2D eigenvalue weighted by molar-refractivity contribution is -0.132. The molecule has 5 heteroatoms. The number of hydrogen-bond acceptors (Lipinski definition) is 4. The summed E-state index contributed by atoms with van der Waals surface area (Å²) in [5.74, 6) is 2.51. The van der Waals surface area contributed by atoms with Crippen LogP contribution in [0.4, 0.5) is 0 Å². The number of carbonyl (C=O) groups excluding carboxylic acids is 1. The molecule has 0 spiro atoms. The van der Waals surface area contributed by atoms with E-state index in [-0.39, 0.29) is 6.04 Å². The Bertz CT molecular complexity index is 448. The highest BCUT2D eigenvalue weighted by atomic mass is 32.2. The molecule has 1 aromatic rings. The summed E-state index contributed by atoms with van der Waals surface area (Å²) in [6.07, 6.45) is 6.44. The van der Waals surface area contributed by atoms with E-state index in [1.807, 2.05) is 36.3 Å². The van der Waals surface area contributed by atoms with E-state index in [0.717, 1.165) is 37.4 Å². The third kappa shape index (κ3) is 3.15. The molecule has 2 saturated heterocycles. The SMILES string of the molecule is O=C(CC1CSCCN1)N1CCCC1c1ccncc1. The van der Waals surface area contributed by atoms with Crippen LogP contribution in [-0.4, -0.2) is 46.4 Å². The van der Waals surface area contributed by atoms with Crippen molar-refractivity contribution in [3.63, 3.8) is 0 Å². The second-order valence-corrected chi connectivity index (χ2v) is 6.61. The summed E-state index contributed by atoms with van der Waals surface area (Å²) < 4.78 is 0. The molecule has 20 heavy (non-hydrogen) atoms. The lowest BCUT2D eigenvalue weighted by Gasteiger charge is -2.29. The van der Waals surface area contributed by atoms with E-state index in [2.05, 4.69) is 15.2 Å². The van der Waals surface area contributed by atoms with Gasteiger partial charge in [0.25, 0.3) is 0 Å². The zero-order valence-electron chi connectivity index (χ0n) is 11.6. The summed E-state index contributed by atoms with van der Waals surface area (Å²) in [5, 5.41) is 3.45. The average molecular weight is 291 g/mol. The molecular weight excluding hydrogens is 270 g/mol. The molecule has 0 saturated carbocycles. The fourth-order valence-corrected chi connectivity index (χ4v) is 4.03. The predicted octanol–water partition coefficient (Wildman–Crippen LogP) is 1.84. The van der Waals surface area contributed by atoms with Gasteiger partial charge >= 0.3 is 0 Å². The lowest BCUT2D eigenvalue weighted by atomic mass is 10.1. The van der Waals surface area contributed by atoms with Gasteiger partial charge in [0.05, 0.1) is 6.04 Å². The van der Waals surface area contributed by atoms with Gasteiger partial charge in [-0.1, -0.05) is 0 Å². The van der Waals surface area contributed by atoms with E-state index in [1.165, 1.54) is 5.56 Å². The number of hydrogen-bond donors (Lipinski definition) is 1. The van der Waals surface area contributed by atoms with Crippen molar-refractivity contribution < 1.29 is 4.79 Å². The molecule has 0 aromatic carbocycles. The van der Waals surface area contributed by atoms with Crippen LogP contribution in [0.1, 0.15) is 30.9 Å². The summed E-state index contributed by atoms with van der Waals surface area (Å²) in [7, 11) is 0. The van der Waals surface area contributed by atoms with Gasteiger partial charge < -0.3 is 10.2 Å². The molecule has 2 aliphatic rings. The number of pyridine rings is 1. The maximum atomic E-state index is 12.6. The molecule has 2 aliphatic heterocycles. The fraction of sp³-hybridized carbons (Fsp3) is 0.600. The van der Waals surface area contributed by atoms with Crippen LogP contribution in [0.25, 0.3) is 0 Å². The highest BCUT2D eigenvalue weighted by Gasteiger charge is 2.31. The first-order valence-electron chi connectivity index (χ1n) is 7.35. The standard InChI is InChI=1S/C15H21N3OS/c19-15(10-13-11-20-9-7-17-13)18-8-1-2-14(18)12-3-5-16-6-4-12/h3-6,13-14,17H,1-2,7-11H2. The van der Waals surface area contributed by atoms with Gasteiger partial charge in [0, 0.05) is 49.5 Å². The summed E-state index contributed by atoms with van der Waals surface area (Å²) >= 11 is 1.94. The predicted molar refractivity (Wildman–Crippen MR) is 81.7 cm³/mol. The van der Waals surface area contributed by atoms with E-state index in [4.69, 9.17) is 0 Å². The number of aromatic nitrogens is 1. The van der Waals surface area contributed by atoms with Crippen molar-refractivity contribution in [3.8, 4) is 0 Å². The minimum absolute atomic E-state index is 0.252. The summed E-state index contributed by atoms with van der Waals surface area (Å²) in [4.78, 5) is 18.7. The highest BCUT2D eigenvalue weighted by Crippen LogP contribution is 2.32. The molecule has 0 aliphatic carbocycles. The molecule has 2 unspecified atom stereocenters. The second-order valence-electron chi connectivity index (χ2n) is 5.46. The Labute approximate surface area is 124 Å². The van der Waals surface area contributed by atoms with E-state index < -0.39 is 0 Å². The summed E-state index contributed by atoms with van der Waals surface area (Å²) in [6.45, 7) is 1.92. The van der Waals surface area contributed by atoms with Gasteiger partial charge in [0.2, 0.25) is 5.91 Å². The van der Waals surface area contributed by atoms with Crippen molar-refractivity contribution in [3.05, 3.63) is 30.1 Å². The molecule has 1 aromatic heterocycles. The number of thioether (sulfide) groups is 1. The molecule has 0 bridgehead atoms. The van der Waals surface area contributed by atoms with Crippen molar-refractivity contribution in [2.45, 2.75) is 31.3 Å². The van der Waals surface area contributed by atoms with Crippen LogP contribution in [0.15, 0.2) is 24.5 Å². The molecule has 2 fully saturated rings. The van der Waals surface area contributed by atoms with Gasteiger partial charge in [-0.25, -0.2) is 0 Å². The molecule has 1 N–H and O–H groups in total. The topological polar surface area (TPSA) is 45.2 Å². The van der Waals surface area contributed by atoms with E-state index in [1.54, 1.807) is 0 Å². The van der Waals surface area contributed by atoms with Crippen molar-refractivity contribution in [1.29, 1.82) is 0 Å². The third-order valence-electron chi connectivity index (χ3n) is 4.08. The number of rotatable bonds is 3. The van der Waals surface area contributed by atoms with Crippen LogP contribution in [0, 0.1) is 0 Å². The number of carbonyl (C=O) groups is 1. The van der Waals surface area contributed by atoms with Crippen molar-refractivity contribution in [2.75, 3.05) is 24.6 Å². The van der Waals surface area contributed by atoms with Crippen LogP contribution >= 0.6 is 11.8 Å². The fourth-order valence-electron chi connectivity index (χ4n) is 3.08. The Balaban J connectivity index is 1.64. The normalized spacial score (nSPS) is 26.7. The molecule has 2 atom stereocenters. The first-order valence-corrected chi connectivity index (χ1v) is 8.50. The summed E-state index contributed by atoms with van der Waals surface area (Å²) in [5.41, 5.74) is 1.22. The Kier molecular flexibility index (Phi) is 4.58. The second kappa shape index (κ2) is 6.59. The van der Waals surface area contributed by atoms with Crippen molar-refractivity contribution >= 4 is 17.7 Å². The smallest absolute Gasteiger partial charge is 0.224 e. The van der Waals surface area contributed by atoms with Gasteiger partial charge in [-0.05, 0) is 30.5 Å². The minimum atomic E-state index is 0.252. The lowest BCUT2D eigenvalue weighted by Crippen LogP contribution is -2.42. The van der Waals surface area contributed by atoms with E-state index in [0.29, 0.717) is 18.4 Å². The molecule has 1 amide bonds. The van der Waals surface area contributed by atoms with Crippen LogP contribution in [0.2, 0.25) is 0 Å². The maximum Gasteiger partial charge on any atom is 0.224 e. The van der Waals surface area contributed by atoms with Crippen LogP contribution in [0.5, 0.6) is 0 Å². The molecule has 3 heterocycles. The average Bonchev–Trinajstić information content (AvgIpc) is 2.99. The zero-order chi connectivity index (χ0) is 13.8. The van der Waals surface area contributed by atoms with E-state index >= 15 is 0 Å². The number of amides is 1. The maximum absolute atomic E-state index is 12.6. The number of likely N-dealkylation sites (tertiary alicyclic amines) is 1. The first kappa shape index (κ1) is 13.9.